The fourth-order valence-corrected chi connectivity index (χ4v) is 7.70. The average molecular weight is 606 g/mol. The number of amides is 1. The summed E-state index contributed by atoms with van der Waals surface area (Å²) in [6.45, 7) is 11.5. The Balaban J connectivity index is 1.38. The first-order valence-corrected chi connectivity index (χ1v) is 15.5. The van der Waals surface area contributed by atoms with Crippen LogP contribution in [0.25, 0.3) is 0 Å². The van der Waals surface area contributed by atoms with Gasteiger partial charge >= 0.3 is 6.01 Å². The molecule has 228 valence electrons. The Kier molecular flexibility index (Phi) is 7.78. The number of β-amino-alcohol motifs (C(OH)–C–C–N with tert-alkyl or cyclic N) is 1. The average Bonchev–Trinajstić information content (AvgIpc) is 3.35. The number of hydrogen-bond acceptors (Lipinski definition) is 9. The normalized spacial score (nSPS) is 28.3. The highest BCUT2D eigenvalue weighted by molar-refractivity contribution is 6.33. The van der Waals surface area contributed by atoms with Crippen molar-refractivity contribution < 1.29 is 14.6 Å². The van der Waals surface area contributed by atoms with Gasteiger partial charge in [0.1, 0.15) is 11.4 Å². The number of carbonyl (C=O) groups excluding carboxylic acids is 1. The van der Waals surface area contributed by atoms with E-state index in [2.05, 4.69) is 41.2 Å². The summed E-state index contributed by atoms with van der Waals surface area (Å²) in [5, 5.41) is 20.7. The number of rotatable bonds is 7. The minimum atomic E-state index is -0.514. The molecule has 1 N–H and O–H groups in total. The van der Waals surface area contributed by atoms with Gasteiger partial charge in [-0.3, -0.25) is 9.69 Å². The van der Waals surface area contributed by atoms with Crippen molar-refractivity contribution >= 4 is 29.0 Å². The van der Waals surface area contributed by atoms with Crippen molar-refractivity contribution in [3.8, 4) is 12.1 Å². The number of halogens is 1. The molecule has 2 saturated heterocycles. The van der Waals surface area contributed by atoms with Crippen molar-refractivity contribution in [1.82, 2.24) is 19.8 Å². The number of carbonyl (C=O) groups is 1. The quantitative estimate of drug-likeness (QED) is 0.475. The number of para-hydroxylation sites is 1. The molecule has 4 aliphatic rings. The van der Waals surface area contributed by atoms with E-state index in [4.69, 9.17) is 26.3 Å². The number of anilines is 2. The molecule has 0 bridgehead atoms. The van der Waals surface area contributed by atoms with Gasteiger partial charge in [-0.2, -0.15) is 15.2 Å². The molecular formula is C32H40ClN7O3. The molecule has 1 aromatic heterocycles. The molecule has 3 aliphatic heterocycles. The fourth-order valence-electron chi connectivity index (χ4n) is 7.45. The predicted molar refractivity (Wildman–Crippen MR) is 165 cm³/mol. The standard InChI is InChI=1S/C32H40ClN7O3/c1-5-28(42)40-15-14-39(17-21(40)10-12-34)29-23-11-13-38(26-9-7-6-8-24(26)33)19-25(23)35-30(36-29)43-32(20-31(32,2)3)27-16-22(41)18-37(27)4/h5-9,21-22,27,41H,1,10-11,13-20H2,2-4H3/t21-,22?,27?,32?/m0/s1. The molecule has 1 amide bonds. The van der Waals surface area contributed by atoms with Gasteiger partial charge < -0.3 is 24.5 Å². The Hall–Kier alpha value is -3.39. The van der Waals surface area contributed by atoms with Crippen molar-refractivity contribution in [2.75, 3.05) is 49.6 Å². The Morgan fingerprint density at radius 1 is 1.23 bits per heavy atom. The highest BCUT2D eigenvalue weighted by atomic mass is 35.5. The number of hydrogen-bond donors (Lipinski definition) is 1. The summed E-state index contributed by atoms with van der Waals surface area (Å²) >= 11 is 6.59. The van der Waals surface area contributed by atoms with Gasteiger partial charge in [-0.15, -0.1) is 0 Å². The van der Waals surface area contributed by atoms with E-state index >= 15 is 0 Å². The number of aliphatic hydroxyl groups is 1. The monoisotopic (exact) mass is 605 g/mol. The summed E-state index contributed by atoms with van der Waals surface area (Å²) in [5.74, 6) is 0.644. The first-order chi connectivity index (χ1) is 20.6. The van der Waals surface area contributed by atoms with Gasteiger partial charge in [-0.25, -0.2) is 0 Å². The van der Waals surface area contributed by atoms with Crippen molar-refractivity contribution in [3.63, 3.8) is 0 Å². The van der Waals surface area contributed by atoms with Crippen LogP contribution in [0.1, 0.15) is 44.4 Å². The lowest BCUT2D eigenvalue weighted by Gasteiger charge is -2.42. The van der Waals surface area contributed by atoms with Crippen LogP contribution in [0.3, 0.4) is 0 Å². The predicted octanol–water partition coefficient (Wildman–Crippen LogP) is 3.42. The van der Waals surface area contributed by atoms with Crippen LogP contribution in [0.5, 0.6) is 6.01 Å². The maximum atomic E-state index is 12.6. The third-order valence-electron chi connectivity index (χ3n) is 9.85. The number of aromatic nitrogens is 2. The second-order valence-electron chi connectivity index (χ2n) is 13.0. The molecule has 4 atom stereocenters. The van der Waals surface area contributed by atoms with Gasteiger partial charge in [0.2, 0.25) is 5.91 Å². The number of fused-ring (bicyclic) bond motifs is 1. The van der Waals surface area contributed by atoms with E-state index in [1.54, 1.807) is 4.90 Å². The summed E-state index contributed by atoms with van der Waals surface area (Å²) in [6.07, 6.45) is 3.36. The minimum Gasteiger partial charge on any atom is -0.455 e. The van der Waals surface area contributed by atoms with Gasteiger partial charge in [-0.1, -0.05) is 44.2 Å². The van der Waals surface area contributed by atoms with E-state index in [0.29, 0.717) is 50.2 Å². The molecule has 1 aromatic carbocycles. The molecule has 2 aromatic rings. The third kappa shape index (κ3) is 5.32. The lowest BCUT2D eigenvalue weighted by Crippen LogP contribution is -2.55. The van der Waals surface area contributed by atoms with Crippen LogP contribution >= 0.6 is 11.6 Å². The molecule has 1 saturated carbocycles. The molecule has 1 aliphatic carbocycles. The van der Waals surface area contributed by atoms with E-state index in [9.17, 15) is 15.2 Å². The molecule has 11 heteroatoms. The van der Waals surface area contributed by atoms with Crippen LogP contribution in [0.15, 0.2) is 36.9 Å². The van der Waals surface area contributed by atoms with Crippen LogP contribution < -0.4 is 14.5 Å². The maximum absolute atomic E-state index is 12.6. The number of benzene rings is 1. The Bertz CT molecular complexity index is 1460. The van der Waals surface area contributed by atoms with E-state index in [-0.39, 0.29) is 35.9 Å². The Morgan fingerprint density at radius 3 is 2.65 bits per heavy atom. The van der Waals surface area contributed by atoms with Gasteiger partial charge in [0.25, 0.3) is 0 Å². The SMILES string of the molecule is C=CC(=O)N1CCN(c2nc(OC3(C4CC(O)CN4C)CC3(C)C)nc3c2CCN(c2ccccc2Cl)C3)C[C@@H]1CC#N. The van der Waals surface area contributed by atoms with E-state index in [1.165, 1.54) is 6.08 Å². The number of likely N-dealkylation sites (N-methyl/N-ethyl adjacent to an activating group) is 1. The highest BCUT2D eigenvalue weighted by Gasteiger charge is 2.70. The van der Waals surface area contributed by atoms with Crippen LogP contribution in [0.2, 0.25) is 5.02 Å². The molecule has 3 fully saturated rings. The fraction of sp³-hybridized carbons (Fsp3) is 0.562. The van der Waals surface area contributed by atoms with E-state index in [0.717, 1.165) is 42.1 Å². The highest BCUT2D eigenvalue weighted by Crippen LogP contribution is 2.62. The summed E-state index contributed by atoms with van der Waals surface area (Å²) in [4.78, 5) is 31.0. The van der Waals surface area contributed by atoms with Crippen LogP contribution in [0.4, 0.5) is 11.5 Å². The largest absolute Gasteiger partial charge is 0.455 e. The second-order valence-corrected chi connectivity index (χ2v) is 13.4. The smallest absolute Gasteiger partial charge is 0.319 e. The molecule has 4 heterocycles. The summed E-state index contributed by atoms with van der Waals surface area (Å²) in [7, 11) is 2.04. The number of piperazine rings is 1. The molecule has 3 unspecified atom stereocenters. The van der Waals surface area contributed by atoms with Crippen LogP contribution in [-0.4, -0.2) is 94.3 Å². The van der Waals surface area contributed by atoms with Crippen LogP contribution in [-0.2, 0) is 17.8 Å². The number of nitrogens with zero attached hydrogens (tertiary/aromatic N) is 7. The topological polar surface area (TPSA) is 109 Å². The molecule has 6 rings (SSSR count). The first kappa shape index (κ1) is 29.7. The van der Waals surface area contributed by atoms with Gasteiger partial charge in [0.15, 0.2) is 0 Å². The zero-order chi connectivity index (χ0) is 30.5. The van der Waals surface area contributed by atoms with Gasteiger partial charge in [-0.05, 0) is 44.5 Å². The third-order valence-corrected chi connectivity index (χ3v) is 10.2. The molecule has 0 spiro atoms. The summed E-state index contributed by atoms with van der Waals surface area (Å²) < 4.78 is 6.87. The Morgan fingerprint density at radius 2 is 2.00 bits per heavy atom. The lowest BCUT2D eigenvalue weighted by atomic mass is 9.97. The molecular weight excluding hydrogens is 566 g/mol. The van der Waals surface area contributed by atoms with Gasteiger partial charge in [0, 0.05) is 43.7 Å². The molecule has 0 radical (unpaired) electrons. The van der Waals surface area contributed by atoms with Crippen molar-refractivity contribution in [2.24, 2.45) is 5.41 Å². The number of aliphatic hydroxyl groups excluding tert-OH is 1. The number of ether oxygens (including phenoxy) is 1. The molecule has 43 heavy (non-hydrogen) atoms. The van der Waals surface area contributed by atoms with Gasteiger partial charge in [0.05, 0.1) is 53.6 Å². The zero-order valence-corrected chi connectivity index (χ0v) is 25.9. The zero-order valence-electron chi connectivity index (χ0n) is 25.2. The lowest BCUT2D eigenvalue weighted by molar-refractivity contribution is -0.128. The summed E-state index contributed by atoms with van der Waals surface area (Å²) in [5.41, 5.74) is 2.30. The van der Waals surface area contributed by atoms with E-state index < -0.39 is 5.60 Å². The molecule has 10 nitrogen and oxygen atoms in total. The summed E-state index contributed by atoms with van der Waals surface area (Å²) in [6, 6.07) is 10.2. The maximum Gasteiger partial charge on any atom is 0.319 e. The minimum absolute atomic E-state index is 0.0497. The Labute approximate surface area is 258 Å². The second kappa shape index (κ2) is 11.3. The van der Waals surface area contributed by atoms with Crippen molar-refractivity contribution in [2.45, 2.75) is 69.9 Å². The van der Waals surface area contributed by atoms with Crippen molar-refractivity contribution in [3.05, 3.63) is 53.2 Å². The van der Waals surface area contributed by atoms with E-state index in [1.807, 2.05) is 31.3 Å². The van der Waals surface area contributed by atoms with Crippen molar-refractivity contribution in [1.29, 1.82) is 5.26 Å². The first-order valence-electron chi connectivity index (χ1n) is 15.1. The number of likely N-dealkylation sites (tertiary alicyclic amines) is 1. The van der Waals surface area contributed by atoms with Crippen LogP contribution in [0, 0.1) is 16.7 Å². The number of nitriles is 1.